The second kappa shape index (κ2) is 7.94. The summed E-state index contributed by atoms with van der Waals surface area (Å²) in [4.78, 5) is 26.5. The lowest BCUT2D eigenvalue weighted by atomic mass is 10.1. The van der Waals surface area contributed by atoms with Crippen molar-refractivity contribution in [3.63, 3.8) is 0 Å². The molecule has 1 aromatic rings. The van der Waals surface area contributed by atoms with Crippen molar-refractivity contribution in [3.8, 4) is 0 Å². The van der Waals surface area contributed by atoms with Gasteiger partial charge in [-0.15, -0.1) is 0 Å². The third kappa shape index (κ3) is 4.56. The van der Waals surface area contributed by atoms with E-state index in [1.807, 2.05) is 24.0 Å². The topological polar surface area (TPSA) is 75.4 Å². The normalized spacial score (nSPS) is 16.2. The number of benzene rings is 1. The summed E-state index contributed by atoms with van der Waals surface area (Å²) in [5.41, 5.74) is 6.83. The first-order valence-electron chi connectivity index (χ1n) is 8.01. The van der Waals surface area contributed by atoms with Crippen LogP contribution in [0.4, 0.5) is 5.69 Å². The first kappa shape index (κ1) is 16.5. The highest BCUT2D eigenvalue weighted by atomic mass is 16.2. The molecule has 5 heteroatoms. The largest absolute Gasteiger partial charge is 0.339 e. The molecule has 0 radical (unpaired) electrons. The van der Waals surface area contributed by atoms with Crippen molar-refractivity contribution in [1.29, 1.82) is 0 Å². The molecule has 0 aromatic heterocycles. The molecule has 1 aliphatic heterocycles. The summed E-state index contributed by atoms with van der Waals surface area (Å²) in [6.07, 6.45) is 4.28. The van der Waals surface area contributed by atoms with E-state index in [1.54, 1.807) is 12.1 Å². The van der Waals surface area contributed by atoms with Gasteiger partial charge in [0.05, 0.1) is 11.3 Å². The molecule has 1 fully saturated rings. The molecule has 120 valence electrons. The van der Waals surface area contributed by atoms with E-state index in [1.165, 1.54) is 6.42 Å². The van der Waals surface area contributed by atoms with Crippen LogP contribution in [0, 0.1) is 0 Å². The van der Waals surface area contributed by atoms with Gasteiger partial charge in [-0.1, -0.05) is 12.1 Å². The fourth-order valence-electron chi connectivity index (χ4n) is 2.62. The molecule has 2 rings (SSSR count). The highest BCUT2D eigenvalue weighted by Crippen LogP contribution is 2.20. The lowest BCUT2D eigenvalue weighted by molar-refractivity contribution is -0.116. The summed E-state index contributed by atoms with van der Waals surface area (Å²) in [6, 6.07) is 7.21. The number of carbonyl (C=O) groups excluding carboxylic acids is 2. The van der Waals surface area contributed by atoms with Crippen molar-refractivity contribution in [1.82, 2.24) is 4.90 Å². The number of hydrogen-bond donors (Lipinski definition) is 2. The molecular formula is C17H25N3O2. The summed E-state index contributed by atoms with van der Waals surface area (Å²) in [6.45, 7) is 3.47. The zero-order chi connectivity index (χ0) is 15.9. The van der Waals surface area contributed by atoms with Crippen LogP contribution in [-0.4, -0.2) is 35.8 Å². The predicted octanol–water partition coefficient (Wildman–Crippen LogP) is 2.38. The Balaban J connectivity index is 2.05. The third-order valence-corrected chi connectivity index (χ3v) is 3.90. The Kier molecular flexibility index (Phi) is 5.95. The molecule has 0 bridgehead atoms. The second-order valence-corrected chi connectivity index (χ2v) is 5.96. The molecule has 2 amide bonds. The number of nitrogens with zero attached hydrogens (tertiary/aromatic N) is 1. The number of nitrogens with two attached hydrogens (primary N) is 1. The third-order valence-electron chi connectivity index (χ3n) is 3.90. The minimum absolute atomic E-state index is 0.00259. The smallest absolute Gasteiger partial charge is 0.255 e. The van der Waals surface area contributed by atoms with Crippen LogP contribution in [0.2, 0.25) is 0 Å². The molecule has 1 unspecified atom stereocenters. The molecular weight excluding hydrogens is 278 g/mol. The first-order chi connectivity index (χ1) is 10.6. The first-order valence-corrected chi connectivity index (χ1v) is 8.01. The van der Waals surface area contributed by atoms with Crippen LogP contribution in [0.3, 0.4) is 0 Å². The van der Waals surface area contributed by atoms with Gasteiger partial charge < -0.3 is 16.0 Å². The number of hydrogen-bond acceptors (Lipinski definition) is 3. The zero-order valence-corrected chi connectivity index (χ0v) is 13.2. The second-order valence-electron chi connectivity index (χ2n) is 5.96. The fourth-order valence-corrected chi connectivity index (χ4v) is 2.62. The van der Waals surface area contributed by atoms with Crippen LogP contribution in [0.1, 0.15) is 49.4 Å². The summed E-state index contributed by atoms with van der Waals surface area (Å²) in [5.74, 6) is -0.0982. The maximum atomic E-state index is 12.6. The molecule has 1 aliphatic rings. The van der Waals surface area contributed by atoms with Crippen LogP contribution in [0.15, 0.2) is 24.3 Å². The Labute approximate surface area is 131 Å². The van der Waals surface area contributed by atoms with Gasteiger partial charge in [0, 0.05) is 25.6 Å². The van der Waals surface area contributed by atoms with Crippen LogP contribution < -0.4 is 11.1 Å². The number of para-hydroxylation sites is 1. The van der Waals surface area contributed by atoms with Crippen molar-refractivity contribution in [2.75, 3.05) is 18.4 Å². The Morgan fingerprint density at radius 3 is 2.59 bits per heavy atom. The molecule has 0 aliphatic carbocycles. The highest BCUT2D eigenvalue weighted by molar-refractivity contribution is 6.03. The van der Waals surface area contributed by atoms with Crippen molar-refractivity contribution in [3.05, 3.63) is 29.8 Å². The molecule has 3 N–H and O–H groups in total. The average Bonchev–Trinajstić information content (AvgIpc) is 2.53. The lowest BCUT2D eigenvalue weighted by Gasteiger charge is -2.27. The maximum Gasteiger partial charge on any atom is 0.255 e. The summed E-state index contributed by atoms with van der Waals surface area (Å²) < 4.78 is 0. The van der Waals surface area contributed by atoms with Crippen molar-refractivity contribution in [2.45, 2.75) is 45.1 Å². The van der Waals surface area contributed by atoms with E-state index >= 15 is 0 Å². The van der Waals surface area contributed by atoms with E-state index in [2.05, 4.69) is 5.32 Å². The highest BCUT2D eigenvalue weighted by Gasteiger charge is 2.21. The van der Waals surface area contributed by atoms with Crippen LogP contribution in [0.25, 0.3) is 0 Å². The number of anilines is 1. The van der Waals surface area contributed by atoms with Gasteiger partial charge in [-0.25, -0.2) is 0 Å². The van der Waals surface area contributed by atoms with Gasteiger partial charge in [0.15, 0.2) is 0 Å². The standard InChI is InChI=1S/C17H25N3O2/c1-13(18)9-10-16(21)19-15-8-4-3-7-14(15)17(22)20-11-5-2-6-12-20/h3-4,7-8,13H,2,5-6,9-12,18H2,1H3,(H,19,21). The van der Waals surface area contributed by atoms with Crippen molar-refractivity contribution >= 4 is 17.5 Å². The molecule has 1 saturated heterocycles. The lowest BCUT2D eigenvalue weighted by Crippen LogP contribution is -2.36. The quantitative estimate of drug-likeness (QED) is 0.877. The SMILES string of the molecule is CC(N)CCC(=O)Nc1ccccc1C(=O)N1CCCCC1. The monoisotopic (exact) mass is 303 g/mol. The molecule has 1 atom stereocenters. The summed E-state index contributed by atoms with van der Waals surface area (Å²) in [7, 11) is 0. The Hall–Kier alpha value is -1.88. The van der Waals surface area contributed by atoms with Crippen molar-refractivity contribution in [2.24, 2.45) is 5.73 Å². The molecule has 1 heterocycles. The number of rotatable bonds is 5. The maximum absolute atomic E-state index is 12.6. The zero-order valence-electron chi connectivity index (χ0n) is 13.2. The Morgan fingerprint density at radius 2 is 1.91 bits per heavy atom. The molecule has 5 nitrogen and oxygen atoms in total. The number of carbonyl (C=O) groups is 2. The molecule has 1 aromatic carbocycles. The van der Waals surface area contributed by atoms with Gasteiger partial charge in [0.1, 0.15) is 0 Å². The van der Waals surface area contributed by atoms with E-state index in [0.29, 0.717) is 24.1 Å². The Bertz CT molecular complexity index is 522. The average molecular weight is 303 g/mol. The van der Waals surface area contributed by atoms with Gasteiger partial charge in [-0.3, -0.25) is 9.59 Å². The van der Waals surface area contributed by atoms with E-state index in [-0.39, 0.29) is 17.9 Å². The molecule has 22 heavy (non-hydrogen) atoms. The van der Waals surface area contributed by atoms with E-state index < -0.39 is 0 Å². The Morgan fingerprint density at radius 1 is 1.23 bits per heavy atom. The molecule has 0 spiro atoms. The molecule has 0 saturated carbocycles. The van der Waals surface area contributed by atoms with E-state index in [0.717, 1.165) is 25.9 Å². The number of amides is 2. The predicted molar refractivity (Wildman–Crippen MR) is 87.7 cm³/mol. The summed E-state index contributed by atoms with van der Waals surface area (Å²) in [5, 5.41) is 2.84. The van der Waals surface area contributed by atoms with Gasteiger partial charge >= 0.3 is 0 Å². The number of nitrogens with one attached hydrogen (secondary N) is 1. The minimum Gasteiger partial charge on any atom is -0.339 e. The minimum atomic E-state index is -0.101. The van der Waals surface area contributed by atoms with Gasteiger partial charge in [-0.2, -0.15) is 0 Å². The summed E-state index contributed by atoms with van der Waals surface area (Å²) >= 11 is 0. The van der Waals surface area contributed by atoms with Crippen LogP contribution >= 0.6 is 0 Å². The van der Waals surface area contributed by atoms with Crippen LogP contribution in [-0.2, 0) is 4.79 Å². The fraction of sp³-hybridized carbons (Fsp3) is 0.529. The van der Waals surface area contributed by atoms with Crippen LogP contribution in [0.5, 0.6) is 0 Å². The van der Waals surface area contributed by atoms with Gasteiger partial charge in [0.2, 0.25) is 5.91 Å². The van der Waals surface area contributed by atoms with Crippen molar-refractivity contribution < 1.29 is 9.59 Å². The number of likely N-dealkylation sites (tertiary alicyclic amines) is 1. The van der Waals surface area contributed by atoms with E-state index in [4.69, 9.17) is 5.73 Å². The number of piperidine rings is 1. The van der Waals surface area contributed by atoms with Gasteiger partial charge in [0.25, 0.3) is 5.91 Å². The van der Waals surface area contributed by atoms with E-state index in [9.17, 15) is 9.59 Å². The van der Waals surface area contributed by atoms with Gasteiger partial charge in [-0.05, 0) is 44.7 Å².